The van der Waals surface area contributed by atoms with Gasteiger partial charge in [-0.05, 0) is 19.1 Å². The lowest BCUT2D eigenvalue weighted by molar-refractivity contribution is 0.0933. The van der Waals surface area contributed by atoms with Gasteiger partial charge in [-0.2, -0.15) is 5.10 Å². The molecule has 2 aromatic heterocycles. The molecule has 0 spiro atoms. The van der Waals surface area contributed by atoms with E-state index in [2.05, 4.69) is 25.8 Å². The number of aromatic amines is 1. The van der Waals surface area contributed by atoms with E-state index < -0.39 is 0 Å². The van der Waals surface area contributed by atoms with Gasteiger partial charge in [0.2, 0.25) is 0 Å². The van der Waals surface area contributed by atoms with Gasteiger partial charge in [0.25, 0.3) is 5.91 Å². The molecule has 1 aliphatic rings. The zero-order valence-corrected chi connectivity index (χ0v) is 11.3. The monoisotopic (exact) mass is 271 g/mol. The fourth-order valence-electron chi connectivity index (χ4n) is 2.38. The highest BCUT2D eigenvalue weighted by molar-refractivity contribution is 5.94. The first kappa shape index (κ1) is 12.8. The van der Waals surface area contributed by atoms with E-state index in [1.165, 1.54) is 0 Å². The van der Waals surface area contributed by atoms with Gasteiger partial charge in [0.15, 0.2) is 5.69 Å². The summed E-state index contributed by atoms with van der Waals surface area (Å²) < 4.78 is 0. The van der Waals surface area contributed by atoms with Crippen molar-refractivity contribution in [3.05, 3.63) is 47.0 Å². The molecule has 2 aromatic rings. The Morgan fingerprint density at radius 2 is 2.35 bits per heavy atom. The standard InChI is InChI=1S/C14H17N5O/c1-9(11-4-2-3-6-16-11)17-14(20)13-10-8-15-7-5-12(10)18-19-13/h2-4,6,9,15H,5,7-8H2,1H3,(H,17,20)(H,18,19). The summed E-state index contributed by atoms with van der Waals surface area (Å²) >= 11 is 0. The Morgan fingerprint density at radius 1 is 1.45 bits per heavy atom. The first-order chi connectivity index (χ1) is 9.75. The summed E-state index contributed by atoms with van der Waals surface area (Å²) in [6.45, 7) is 3.52. The normalized spacial score (nSPS) is 15.4. The Hall–Kier alpha value is -2.21. The molecule has 0 aromatic carbocycles. The number of carbonyl (C=O) groups is 1. The van der Waals surface area contributed by atoms with E-state index in [0.29, 0.717) is 12.2 Å². The molecular weight excluding hydrogens is 254 g/mol. The summed E-state index contributed by atoms with van der Waals surface area (Å²) in [7, 11) is 0. The number of nitrogens with one attached hydrogen (secondary N) is 3. The van der Waals surface area contributed by atoms with Crippen LogP contribution < -0.4 is 10.6 Å². The van der Waals surface area contributed by atoms with Gasteiger partial charge in [-0.15, -0.1) is 0 Å². The third-order valence-corrected chi connectivity index (χ3v) is 3.50. The first-order valence-corrected chi connectivity index (χ1v) is 6.74. The van der Waals surface area contributed by atoms with Gasteiger partial charge in [-0.25, -0.2) is 0 Å². The molecule has 0 fully saturated rings. The van der Waals surface area contributed by atoms with Gasteiger partial charge in [0.1, 0.15) is 0 Å². The van der Waals surface area contributed by atoms with Gasteiger partial charge >= 0.3 is 0 Å². The van der Waals surface area contributed by atoms with Crippen molar-refractivity contribution in [1.82, 2.24) is 25.8 Å². The molecule has 1 unspecified atom stereocenters. The van der Waals surface area contributed by atoms with Gasteiger partial charge in [-0.1, -0.05) is 6.07 Å². The van der Waals surface area contributed by atoms with Crippen molar-refractivity contribution >= 4 is 5.91 Å². The second-order valence-electron chi connectivity index (χ2n) is 4.91. The smallest absolute Gasteiger partial charge is 0.272 e. The first-order valence-electron chi connectivity index (χ1n) is 6.74. The highest BCUT2D eigenvalue weighted by Gasteiger charge is 2.22. The molecule has 0 radical (unpaired) electrons. The lowest BCUT2D eigenvalue weighted by atomic mass is 10.1. The van der Waals surface area contributed by atoms with E-state index in [-0.39, 0.29) is 11.9 Å². The van der Waals surface area contributed by atoms with E-state index in [4.69, 9.17) is 0 Å². The summed E-state index contributed by atoms with van der Waals surface area (Å²) in [6.07, 6.45) is 2.60. The average Bonchev–Trinajstić information content (AvgIpc) is 2.92. The third kappa shape index (κ3) is 2.42. The van der Waals surface area contributed by atoms with Crippen molar-refractivity contribution in [2.75, 3.05) is 6.54 Å². The van der Waals surface area contributed by atoms with Crippen LogP contribution in [0.3, 0.4) is 0 Å². The topological polar surface area (TPSA) is 82.7 Å². The van der Waals surface area contributed by atoms with E-state index >= 15 is 0 Å². The number of pyridine rings is 1. The van der Waals surface area contributed by atoms with Crippen LogP contribution in [0.5, 0.6) is 0 Å². The van der Waals surface area contributed by atoms with Crippen molar-refractivity contribution < 1.29 is 4.79 Å². The molecule has 3 heterocycles. The molecule has 3 N–H and O–H groups in total. The van der Waals surface area contributed by atoms with Crippen molar-refractivity contribution in [3.63, 3.8) is 0 Å². The lowest BCUT2D eigenvalue weighted by Crippen LogP contribution is -2.30. The molecule has 6 nitrogen and oxygen atoms in total. The van der Waals surface area contributed by atoms with Crippen LogP contribution in [0.2, 0.25) is 0 Å². The maximum atomic E-state index is 12.3. The van der Waals surface area contributed by atoms with Crippen LogP contribution in [0.4, 0.5) is 0 Å². The highest BCUT2D eigenvalue weighted by atomic mass is 16.2. The van der Waals surface area contributed by atoms with Crippen LogP contribution in [0.25, 0.3) is 0 Å². The molecule has 20 heavy (non-hydrogen) atoms. The number of hydrogen-bond donors (Lipinski definition) is 3. The molecule has 0 saturated heterocycles. The number of H-pyrrole nitrogens is 1. The minimum Gasteiger partial charge on any atom is -0.343 e. The quantitative estimate of drug-likeness (QED) is 0.776. The summed E-state index contributed by atoms with van der Waals surface area (Å²) in [5, 5.41) is 13.3. The van der Waals surface area contributed by atoms with Crippen LogP contribution >= 0.6 is 0 Å². The summed E-state index contributed by atoms with van der Waals surface area (Å²) in [5.41, 5.74) is 3.35. The molecule has 0 bridgehead atoms. The molecule has 104 valence electrons. The van der Waals surface area contributed by atoms with Crippen molar-refractivity contribution in [2.24, 2.45) is 0 Å². The molecule has 0 saturated carbocycles. The number of aromatic nitrogens is 3. The van der Waals surface area contributed by atoms with Gasteiger partial charge in [0.05, 0.1) is 11.7 Å². The number of carbonyl (C=O) groups excluding carboxylic acids is 1. The Kier molecular flexibility index (Phi) is 3.47. The minimum absolute atomic E-state index is 0.146. The second kappa shape index (κ2) is 5.42. The molecule has 1 atom stereocenters. The van der Waals surface area contributed by atoms with Gasteiger partial charge < -0.3 is 10.6 Å². The van der Waals surface area contributed by atoms with E-state index in [1.54, 1.807) is 6.20 Å². The van der Waals surface area contributed by atoms with Crippen molar-refractivity contribution in [3.8, 4) is 0 Å². The lowest BCUT2D eigenvalue weighted by Gasteiger charge is -2.15. The van der Waals surface area contributed by atoms with Crippen molar-refractivity contribution in [1.29, 1.82) is 0 Å². The van der Waals surface area contributed by atoms with Crippen molar-refractivity contribution in [2.45, 2.75) is 25.9 Å². The fraction of sp³-hybridized carbons (Fsp3) is 0.357. The molecule has 0 aliphatic carbocycles. The Labute approximate surface area is 117 Å². The Bertz CT molecular complexity index is 607. The highest BCUT2D eigenvalue weighted by Crippen LogP contribution is 2.16. The number of fused-ring (bicyclic) bond motifs is 1. The molecule has 1 aliphatic heterocycles. The van der Waals surface area contributed by atoms with Crippen LogP contribution in [-0.2, 0) is 13.0 Å². The number of rotatable bonds is 3. The third-order valence-electron chi connectivity index (χ3n) is 3.50. The Balaban J connectivity index is 1.75. The molecule has 1 amide bonds. The SMILES string of the molecule is CC(NC(=O)c1n[nH]c2c1CNCC2)c1ccccn1. The number of hydrogen-bond acceptors (Lipinski definition) is 4. The summed E-state index contributed by atoms with van der Waals surface area (Å²) in [6, 6.07) is 5.51. The number of amides is 1. The maximum absolute atomic E-state index is 12.3. The number of nitrogens with zero attached hydrogens (tertiary/aromatic N) is 2. The van der Waals surface area contributed by atoms with Crippen LogP contribution in [0, 0.1) is 0 Å². The second-order valence-corrected chi connectivity index (χ2v) is 4.91. The van der Waals surface area contributed by atoms with Crippen LogP contribution in [-0.4, -0.2) is 27.6 Å². The minimum atomic E-state index is -0.163. The zero-order chi connectivity index (χ0) is 13.9. The van der Waals surface area contributed by atoms with Crippen LogP contribution in [0.1, 0.15) is 40.4 Å². The Morgan fingerprint density at radius 3 is 3.15 bits per heavy atom. The molecule has 3 rings (SSSR count). The average molecular weight is 271 g/mol. The van der Waals surface area contributed by atoms with Gasteiger partial charge in [-0.3, -0.25) is 14.9 Å². The maximum Gasteiger partial charge on any atom is 0.272 e. The van der Waals surface area contributed by atoms with E-state index in [0.717, 1.165) is 29.9 Å². The molecule has 6 heteroatoms. The fourth-order valence-corrected chi connectivity index (χ4v) is 2.38. The summed E-state index contributed by atoms with van der Waals surface area (Å²) in [5.74, 6) is -0.163. The largest absolute Gasteiger partial charge is 0.343 e. The molecular formula is C14H17N5O. The van der Waals surface area contributed by atoms with Crippen LogP contribution in [0.15, 0.2) is 24.4 Å². The summed E-state index contributed by atoms with van der Waals surface area (Å²) in [4.78, 5) is 16.6. The zero-order valence-electron chi connectivity index (χ0n) is 11.3. The van der Waals surface area contributed by atoms with Gasteiger partial charge in [0, 0.05) is 37.0 Å². The predicted octanol–water partition coefficient (Wildman–Crippen LogP) is 0.941. The van der Waals surface area contributed by atoms with E-state index in [9.17, 15) is 4.79 Å². The predicted molar refractivity (Wildman–Crippen MR) is 74.1 cm³/mol. The van der Waals surface area contributed by atoms with E-state index in [1.807, 2.05) is 25.1 Å².